The summed E-state index contributed by atoms with van der Waals surface area (Å²) in [6.07, 6.45) is -2.05. The number of ether oxygens (including phenoxy) is 1. The standard InChI is InChI=1S/C33H39ClF3N3O5S/c1-20(2)28(29(42)33(35,36)37)39-30(43)26-16-25(46-19-21-6-12-24(45-3)13-7-21)18-40(26)27(41)17-38-31(44)32(14-4-5-15-32)22-8-10-23(34)11-9-22/h6-13,20,25-26,28H,4-5,14-19H2,1-3H3,(H,38,44)(H,39,43)/t25-,26?,28?/m1/s1. The fourth-order valence-electron chi connectivity index (χ4n) is 6.16. The maximum atomic E-state index is 13.6. The van der Waals surface area contributed by atoms with Gasteiger partial charge < -0.3 is 20.3 Å². The number of carbonyl (C=O) groups excluding carboxylic acids is 4. The molecule has 2 aliphatic rings. The number of carbonyl (C=O) groups is 4. The van der Waals surface area contributed by atoms with Crippen LogP contribution >= 0.6 is 23.4 Å². The van der Waals surface area contributed by atoms with Crippen molar-refractivity contribution < 1.29 is 37.1 Å². The summed E-state index contributed by atoms with van der Waals surface area (Å²) >= 11 is 7.57. The number of ketones is 1. The second-order valence-corrected chi connectivity index (χ2v) is 13.9. The summed E-state index contributed by atoms with van der Waals surface area (Å²) in [5.74, 6) is -3.29. The molecule has 0 spiro atoms. The SMILES string of the molecule is COc1ccc(CS[C@@H]2CC(C(=O)NC(C(=O)C(F)(F)F)C(C)C)N(C(=O)CNC(=O)C3(c4ccc(Cl)cc4)CCCC3)C2)cc1. The van der Waals surface area contributed by atoms with Crippen LogP contribution in [0.3, 0.4) is 0 Å². The molecule has 2 aromatic rings. The van der Waals surface area contributed by atoms with Crippen LogP contribution in [0.2, 0.25) is 5.02 Å². The number of nitrogens with one attached hydrogen (secondary N) is 2. The molecule has 4 rings (SSSR count). The van der Waals surface area contributed by atoms with Crippen molar-refractivity contribution in [2.75, 3.05) is 20.2 Å². The Morgan fingerprint density at radius 2 is 1.67 bits per heavy atom. The minimum atomic E-state index is -5.13. The number of amides is 3. The van der Waals surface area contributed by atoms with Crippen LogP contribution in [0.1, 0.15) is 57.1 Å². The van der Waals surface area contributed by atoms with Crippen molar-refractivity contribution >= 4 is 46.9 Å². The normalized spacial score (nSPS) is 20.0. The molecule has 1 heterocycles. The van der Waals surface area contributed by atoms with Gasteiger partial charge in [-0.05, 0) is 60.6 Å². The molecule has 1 saturated carbocycles. The number of benzene rings is 2. The van der Waals surface area contributed by atoms with Gasteiger partial charge in [0, 0.05) is 22.6 Å². The fourth-order valence-corrected chi connectivity index (χ4v) is 7.49. The zero-order chi connectivity index (χ0) is 33.6. The lowest BCUT2D eigenvalue weighted by atomic mass is 9.78. The molecular weight excluding hydrogens is 643 g/mol. The highest BCUT2D eigenvalue weighted by Gasteiger charge is 2.48. The summed E-state index contributed by atoms with van der Waals surface area (Å²) in [6, 6.07) is 11.6. The predicted molar refractivity (Wildman–Crippen MR) is 171 cm³/mol. The number of alkyl halides is 3. The molecule has 0 radical (unpaired) electrons. The van der Waals surface area contributed by atoms with Crippen molar-refractivity contribution in [1.29, 1.82) is 0 Å². The molecule has 3 amide bonds. The van der Waals surface area contributed by atoms with E-state index in [0.717, 1.165) is 24.0 Å². The van der Waals surface area contributed by atoms with E-state index in [-0.39, 0.29) is 30.7 Å². The molecule has 250 valence electrons. The Hall–Kier alpha value is -3.25. The molecule has 1 saturated heterocycles. The van der Waals surface area contributed by atoms with E-state index in [4.69, 9.17) is 16.3 Å². The Morgan fingerprint density at radius 1 is 1.04 bits per heavy atom. The average Bonchev–Trinajstić information content (AvgIpc) is 3.70. The largest absolute Gasteiger partial charge is 0.497 e. The van der Waals surface area contributed by atoms with Crippen LogP contribution in [-0.2, 0) is 30.3 Å². The van der Waals surface area contributed by atoms with E-state index >= 15 is 0 Å². The molecule has 2 aromatic carbocycles. The third-order valence-electron chi connectivity index (χ3n) is 8.75. The third-order valence-corrected chi connectivity index (χ3v) is 10.3. The van der Waals surface area contributed by atoms with Gasteiger partial charge in [0.25, 0.3) is 5.78 Å². The number of hydrogen-bond donors (Lipinski definition) is 2. The van der Waals surface area contributed by atoms with Gasteiger partial charge in [0.1, 0.15) is 11.8 Å². The van der Waals surface area contributed by atoms with Gasteiger partial charge in [0.15, 0.2) is 0 Å². The van der Waals surface area contributed by atoms with Crippen LogP contribution in [-0.4, -0.2) is 72.1 Å². The van der Waals surface area contributed by atoms with Crippen molar-refractivity contribution in [2.24, 2.45) is 5.92 Å². The molecule has 2 N–H and O–H groups in total. The second-order valence-electron chi connectivity index (χ2n) is 12.1. The van der Waals surface area contributed by atoms with E-state index in [2.05, 4.69) is 10.6 Å². The number of methoxy groups -OCH3 is 1. The summed E-state index contributed by atoms with van der Waals surface area (Å²) in [5.41, 5.74) is 0.983. The average molecular weight is 682 g/mol. The molecule has 8 nitrogen and oxygen atoms in total. The Balaban J connectivity index is 1.49. The Kier molecular flexibility index (Phi) is 11.7. The monoisotopic (exact) mass is 681 g/mol. The third kappa shape index (κ3) is 8.36. The Labute approximate surface area is 276 Å². The number of Topliss-reactive ketones (excluding diaryl/α,β-unsaturated/α-hetero) is 1. The number of likely N-dealkylation sites (tertiary alicyclic amines) is 1. The van der Waals surface area contributed by atoms with Crippen LogP contribution in [0.15, 0.2) is 48.5 Å². The number of thioether (sulfide) groups is 1. The van der Waals surface area contributed by atoms with Gasteiger partial charge in [-0.1, -0.05) is 62.6 Å². The van der Waals surface area contributed by atoms with Crippen LogP contribution in [0.4, 0.5) is 13.2 Å². The molecule has 2 fully saturated rings. The van der Waals surface area contributed by atoms with Crippen molar-refractivity contribution in [2.45, 2.75) is 80.6 Å². The van der Waals surface area contributed by atoms with E-state index < -0.39 is 47.2 Å². The Morgan fingerprint density at radius 3 is 2.24 bits per heavy atom. The van der Waals surface area contributed by atoms with Gasteiger partial charge in [0.05, 0.1) is 25.1 Å². The van der Waals surface area contributed by atoms with Crippen LogP contribution in [0.25, 0.3) is 0 Å². The lowest BCUT2D eigenvalue weighted by Crippen LogP contribution is -2.56. The number of rotatable bonds is 12. The minimum Gasteiger partial charge on any atom is -0.497 e. The zero-order valence-corrected chi connectivity index (χ0v) is 27.6. The van der Waals surface area contributed by atoms with Gasteiger partial charge in [-0.3, -0.25) is 19.2 Å². The highest BCUT2D eigenvalue weighted by Crippen LogP contribution is 2.42. The van der Waals surface area contributed by atoms with E-state index in [0.29, 0.717) is 29.4 Å². The number of nitrogens with zero attached hydrogens (tertiary/aromatic N) is 1. The van der Waals surface area contributed by atoms with Gasteiger partial charge in [0.2, 0.25) is 17.7 Å². The maximum absolute atomic E-state index is 13.6. The molecule has 2 unspecified atom stereocenters. The summed E-state index contributed by atoms with van der Waals surface area (Å²) in [7, 11) is 1.57. The maximum Gasteiger partial charge on any atom is 0.452 e. The number of hydrogen-bond acceptors (Lipinski definition) is 6. The van der Waals surface area contributed by atoms with Crippen molar-refractivity contribution in [3.05, 3.63) is 64.7 Å². The second kappa shape index (κ2) is 15.1. The summed E-state index contributed by atoms with van der Waals surface area (Å²) in [5, 5.41) is 5.38. The molecular formula is C33H39ClF3N3O5S. The highest BCUT2D eigenvalue weighted by atomic mass is 35.5. The van der Waals surface area contributed by atoms with Crippen molar-refractivity contribution in [3.8, 4) is 5.75 Å². The topological polar surface area (TPSA) is 105 Å². The molecule has 3 atom stereocenters. The van der Waals surface area contributed by atoms with Gasteiger partial charge in [-0.2, -0.15) is 24.9 Å². The minimum absolute atomic E-state index is 0.148. The molecule has 0 bridgehead atoms. The van der Waals surface area contributed by atoms with Crippen LogP contribution in [0, 0.1) is 5.92 Å². The highest BCUT2D eigenvalue weighted by molar-refractivity contribution is 7.99. The van der Waals surface area contributed by atoms with Crippen LogP contribution in [0.5, 0.6) is 5.75 Å². The van der Waals surface area contributed by atoms with E-state index in [1.54, 1.807) is 19.2 Å². The molecule has 1 aliphatic heterocycles. The quantitative estimate of drug-likeness (QED) is 0.309. The van der Waals surface area contributed by atoms with Gasteiger partial charge >= 0.3 is 6.18 Å². The Bertz CT molecular complexity index is 1400. The van der Waals surface area contributed by atoms with E-state index in [9.17, 15) is 32.3 Å². The molecule has 46 heavy (non-hydrogen) atoms. The molecule has 0 aromatic heterocycles. The first-order valence-electron chi connectivity index (χ1n) is 15.2. The fraction of sp³-hybridized carbons (Fsp3) is 0.515. The van der Waals surface area contributed by atoms with Crippen molar-refractivity contribution in [1.82, 2.24) is 15.5 Å². The van der Waals surface area contributed by atoms with Gasteiger partial charge in [-0.25, -0.2) is 0 Å². The van der Waals surface area contributed by atoms with Crippen molar-refractivity contribution in [3.63, 3.8) is 0 Å². The smallest absolute Gasteiger partial charge is 0.452 e. The summed E-state index contributed by atoms with van der Waals surface area (Å²) in [6.45, 7) is 2.59. The lowest BCUT2D eigenvalue weighted by molar-refractivity contribution is -0.175. The number of halogens is 4. The van der Waals surface area contributed by atoms with Crippen LogP contribution < -0.4 is 15.4 Å². The van der Waals surface area contributed by atoms with E-state index in [1.165, 1.54) is 30.5 Å². The van der Waals surface area contributed by atoms with Gasteiger partial charge in [-0.15, -0.1) is 0 Å². The first kappa shape index (κ1) is 35.6. The summed E-state index contributed by atoms with van der Waals surface area (Å²) in [4.78, 5) is 54.1. The first-order valence-corrected chi connectivity index (χ1v) is 16.7. The molecule has 13 heteroatoms. The predicted octanol–water partition coefficient (Wildman–Crippen LogP) is 5.45. The first-order chi connectivity index (χ1) is 21.7. The summed E-state index contributed by atoms with van der Waals surface area (Å²) < 4.78 is 45.2. The lowest BCUT2D eigenvalue weighted by Gasteiger charge is -2.30. The van der Waals surface area contributed by atoms with E-state index in [1.807, 2.05) is 36.4 Å². The molecule has 1 aliphatic carbocycles. The zero-order valence-electron chi connectivity index (χ0n) is 26.0.